The molecule has 1 aromatic carbocycles. The van der Waals surface area contributed by atoms with Crippen molar-refractivity contribution >= 4 is 11.7 Å². The molecule has 1 amide bonds. The fourth-order valence-electron chi connectivity index (χ4n) is 4.22. The standard InChI is InChI=1S/C24H27N5O4/c30-22(17-32-19-6-2-1-3-7-19)29-11-5-4-8-20(29)24-26-23(27-33-24)18-9-10-21(25-16-18)28-12-14-31-15-13-28/h1-3,6-7,9-10,16,20H,4-5,8,11-15,17H2. The fraction of sp³-hybridized carbons (Fsp3) is 0.417. The number of anilines is 1. The summed E-state index contributed by atoms with van der Waals surface area (Å²) < 4.78 is 16.7. The highest BCUT2D eigenvalue weighted by atomic mass is 16.5. The number of para-hydroxylation sites is 1. The van der Waals surface area contributed by atoms with Gasteiger partial charge in [-0.15, -0.1) is 0 Å². The first kappa shape index (κ1) is 21.4. The Morgan fingerprint density at radius 2 is 1.91 bits per heavy atom. The maximum atomic E-state index is 12.9. The summed E-state index contributed by atoms with van der Waals surface area (Å²) in [4.78, 5) is 26.1. The van der Waals surface area contributed by atoms with Crippen molar-refractivity contribution in [2.24, 2.45) is 0 Å². The summed E-state index contributed by atoms with van der Waals surface area (Å²) in [5.41, 5.74) is 0.781. The number of ether oxygens (including phenoxy) is 2. The SMILES string of the molecule is O=C(COc1ccccc1)N1CCCCC1c1nc(-c2ccc(N3CCOCC3)nc2)no1. The number of hydrogen-bond acceptors (Lipinski definition) is 8. The fourth-order valence-corrected chi connectivity index (χ4v) is 4.22. The van der Waals surface area contributed by atoms with E-state index in [0.29, 0.717) is 37.2 Å². The maximum absolute atomic E-state index is 12.9. The number of pyridine rings is 1. The van der Waals surface area contributed by atoms with Gasteiger partial charge in [0.15, 0.2) is 6.61 Å². The van der Waals surface area contributed by atoms with Gasteiger partial charge in [-0.3, -0.25) is 4.79 Å². The van der Waals surface area contributed by atoms with Crippen molar-refractivity contribution in [2.45, 2.75) is 25.3 Å². The number of nitrogens with zero attached hydrogens (tertiary/aromatic N) is 5. The lowest BCUT2D eigenvalue weighted by atomic mass is 10.0. The van der Waals surface area contributed by atoms with Crippen LogP contribution < -0.4 is 9.64 Å². The zero-order chi connectivity index (χ0) is 22.5. The van der Waals surface area contributed by atoms with Gasteiger partial charge < -0.3 is 23.8 Å². The van der Waals surface area contributed by atoms with Gasteiger partial charge in [0.1, 0.15) is 17.6 Å². The number of carbonyl (C=O) groups excluding carboxylic acids is 1. The summed E-state index contributed by atoms with van der Waals surface area (Å²) in [5, 5.41) is 4.16. The van der Waals surface area contributed by atoms with Crippen molar-refractivity contribution < 1.29 is 18.8 Å². The van der Waals surface area contributed by atoms with Gasteiger partial charge in [-0.2, -0.15) is 4.98 Å². The van der Waals surface area contributed by atoms with Crippen LogP contribution in [0, 0.1) is 0 Å². The molecule has 2 fully saturated rings. The largest absolute Gasteiger partial charge is 0.484 e. The third-order valence-electron chi connectivity index (χ3n) is 6.00. The van der Waals surface area contributed by atoms with Gasteiger partial charge in [0.2, 0.25) is 11.7 Å². The van der Waals surface area contributed by atoms with Gasteiger partial charge >= 0.3 is 0 Å². The number of aromatic nitrogens is 3. The Labute approximate surface area is 192 Å². The summed E-state index contributed by atoms with van der Waals surface area (Å²) in [6.45, 7) is 3.72. The van der Waals surface area contributed by atoms with E-state index in [1.807, 2.05) is 42.5 Å². The average molecular weight is 450 g/mol. The zero-order valence-electron chi connectivity index (χ0n) is 18.4. The molecule has 5 rings (SSSR count). The quantitative estimate of drug-likeness (QED) is 0.567. The van der Waals surface area contributed by atoms with Gasteiger partial charge in [0, 0.05) is 31.4 Å². The first-order valence-electron chi connectivity index (χ1n) is 11.4. The summed E-state index contributed by atoms with van der Waals surface area (Å²) >= 11 is 0. The predicted octanol–water partition coefficient (Wildman–Crippen LogP) is 3.10. The first-order chi connectivity index (χ1) is 16.3. The third-order valence-corrected chi connectivity index (χ3v) is 6.00. The van der Waals surface area contributed by atoms with Crippen LogP contribution in [0.2, 0.25) is 0 Å². The molecule has 0 bridgehead atoms. The second kappa shape index (κ2) is 9.99. The Morgan fingerprint density at radius 3 is 2.70 bits per heavy atom. The van der Waals surface area contributed by atoms with Crippen LogP contribution in [0.25, 0.3) is 11.4 Å². The number of rotatable bonds is 6. The number of likely N-dealkylation sites (tertiary alicyclic amines) is 1. The number of amides is 1. The Bertz CT molecular complexity index is 1050. The minimum Gasteiger partial charge on any atom is -0.484 e. The Morgan fingerprint density at radius 1 is 1.06 bits per heavy atom. The highest BCUT2D eigenvalue weighted by Crippen LogP contribution is 2.31. The Balaban J connectivity index is 1.26. The second-order valence-corrected chi connectivity index (χ2v) is 8.16. The van der Waals surface area contributed by atoms with Gasteiger partial charge in [-0.25, -0.2) is 4.98 Å². The summed E-state index contributed by atoms with van der Waals surface area (Å²) in [6, 6.07) is 13.0. The molecule has 1 unspecified atom stereocenters. The number of hydrogen-bond donors (Lipinski definition) is 0. The van der Waals surface area contributed by atoms with E-state index < -0.39 is 0 Å². The molecule has 2 saturated heterocycles. The lowest BCUT2D eigenvalue weighted by Crippen LogP contribution is -2.41. The van der Waals surface area contributed by atoms with Crippen LogP contribution in [-0.2, 0) is 9.53 Å². The third kappa shape index (κ3) is 4.98. The molecule has 9 nitrogen and oxygen atoms in total. The minimum absolute atomic E-state index is 0.0194. The van der Waals surface area contributed by atoms with Crippen LogP contribution in [0.15, 0.2) is 53.2 Å². The molecule has 3 aromatic rings. The van der Waals surface area contributed by atoms with E-state index in [4.69, 9.17) is 14.0 Å². The predicted molar refractivity (Wildman–Crippen MR) is 121 cm³/mol. The topological polar surface area (TPSA) is 93.8 Å². The molecule has 0 aliphatic carbocycles. The van der Waals surface area contributed by atoms with E-state index in [-0.39, 0.29) is 18.6 Å². The van der Waals surface area contributed by atoms with Crippen LogP contribution in [0.1, 0.15) is 31.2 Å². The van der Waals surface area contributed by atoms with E-state index in [9.17, 15) is 4.79 Å². The normalized spacial score (nSPS) is 18.8. The molecule has 0 radical (unpaired) electrons. The van der Waals surface area contributed by atoms with E-state index in [2.05, 4.69) is 20.0 Å². The summed E-state index contributed by atoms with van der Waals surface area (Å²) in [6.07, 6.45) is 4.49. The van der Waals surface area contributed by atoms with Crippen LogP contribution in [0.3, 0.4) is 0 Å². The van der Waals surface area contributed by atoms with Gasteiger partial charge in [-0.05, 0) is 43.5 Å². The molecule has 33 heavy (non-hydrogen) atoms. The first-order valence-corrected chi connectivity index (χ1v) is 11.4. The summed E-state index contributed by atoms with van der Waals surface area (Å²) in [5.74, 6) is 2.43. The molecule has 2 aliphatic rings. The van der Waals surface area contributed by atoms with Gasteiger partial charge in [0.25, 0.3) is 5.91 Å². The molecule has 1 atom stereocenters. The lowest BCUT2D eigenvalue weighted by Gasteiger charge is -2.33. The molecule has 2 aliphatic heterocycles. The molecule has 172 valence electrons. The summed E-state index contributed by atoms with van der Waals surface area (Å²) in [7, 11) is 0. The Kier molecular flexibility index (Phi) is 6.48. The van der Waals surface area contributed by atoms with E-state index in [1.54, 1.807) is 11.1 Å². The molecule has 0 saturated carbocycles. The van der Waals surface area contributed by atoms with Crippen molar-refractivity contribution in [3.05, 3.63) is 54.6 Å². The molecular formula is C24H27N5O4. The van der Waals surface area contributed by atoms with E-state index >= 15 is 0 Å². The number of carbonyl (C=O) groups is 1. The van der Waals surface area contributed by atoms with Crippen molar-refractivity contribution in [1.82, 2.24) is 20.0 Å². The monoisotopic (exact) mass is 449 g/mol. The highest BCUT2D eigenvalue weighted by molar-refractivity contribution is 5.78. The lowest BCUT2D eigenvalue weighted by molar-refractivity contribution is -0.138. The highest BCUT2D eigenvalue weighted by Gasteiger charge is 2.32. The average Bonchev–Trinajstić information content (AvgIpc) is 3.39. The molecule has 4 heterocycles. The molecular weight excluding hydrogens is 422 g/mol. The minimum atomic E-state index is -0.243. The van der Waals surface area contributed by atoms with Crippen molar-refractivity contribution in [3.63, 3.8) is 0 Å². The maximum Gasteiger partial charge on any atom is 0.261 e. The van der Waals surface area contributed by atoms with Crippen LogP contribution >= 0.6 is 0 Å². The molecule has 9 heteroatoms. The van der Waals surface area contributed by atoms with Crippen LogP contribution in [0.4, 0.5) is 5.82 Å². The zero-order valence-corrected chi connectivity index (χ0v) is 18.4. The number of piperidine rings is 1. The number of benzene rings is 1. The van der Waals surface area contributed by atoms with E-state index in [1.165, 1.54) is 0 Å². The second-order valence-electron chi connectivity index (χ2n) is 8.16. The molecule has 0 N–H and O–H groups in total. The van der Waals surface area contributed by atoms with Crippen molar-refractivity contribution in [3.8, 4) is 17.1 Å². The number of morpholine rings is 1. The van der Waals surface area contributed by atoms with Gasteiger partial charge in [0.05, 0.1) is 13.2 Å². The molecule has 2 aromatic heterocycles. The van der Waals surface area contributed by atoms with Crippen molar-refractivity contribution in [1.29, 1.82) is 0 Å². The van der Waals surface area contributed by atoms with Crippen molar-refractivity contribution in [2.75, 3.05) is 44.4 Å². The Hall–Kier alpha value is -3.46. The van der Waals surface area contributed by atoms with Gasteiger partial charge in [-0.1, -0.05) is 23.4 Å². The van der Waals surface area contributed by atoms with Crippen LogP contribution in [-0.4, -0.2) is 65.4 Å². The van der Waals surface area contributed by atoms with Crippen LogP contribution in [0.5, 0.6) is 5.75 Å². The smallest absolute Gasteiger partial charge is 0.261 e. The van der Waals surface area contributed by atoms with E-state index in [0.717, 1.165) is 43.7 Å². The molecule has 0 spiro atoms.